The second kappa shape index (κ2) is 35.9. The number of aliphatic hydroxyl groups is 3. The first-order valence-electron chi connectivity index (χ1n) is 35.1. The topological polar surface area (TPSA) is 314 Å². The number of Topliss-reactive ketones (excluding diaryl/α,β-unsaturated/α-hetero) is 3. The van der Waals surface area contributed by atoms with Gasteiger partial charge in [-0.05, 0) is 148 Å². The maximum Gasteiger partial charge on any atom is 0.329 e. The number of cyclic esters (lactones) is 1. The first kappa shape index (κ1) is 78.0. The third-order valence-electron chi connectivity index (χ3n) is 20.3. The third-order valence-corrected chi connectivity index (χ3v) is 21.5. The van der Waals surface area contributed by atoms with Crippen molar-refractivity contribution in [3.8, 4) is 11.3 Å². The number of amides is 1. The maximum atomic E-state index is 14.8. The van der Waals surface area contributed by atoms with Crippen LogP contribution in [0.3, 0.4) is 0 Å². The number of fused-ring (bicyclic) bond motifs is 5. The summed E-state index contributed by atoms with van der Waals surface area (Å²) in [5.74, 6) is -10.8. The molecule has 0 spiro atoms. The van der Waals surface area contributed by atoms with E-state index in [2.05, 4.69) is 25.3 Å². The van der Waals surface area contributed by atoms with Crippen molar-refractivity contribution in [3.05, 3.63) is 95.6 Å². The molecule has 1 aliphatic carbocycles. The Hall–Kier alpha value is -6.12. The Labute approximate surface area is 599 Å². The Bertz CT molecular complexity index is 3800. The van der Waals surface area contributed by atoms with Gasteiger partial charge in [-0.25, -0.2) is 24.4 Å². The van der Waals surface area contributed by atoms with Crippen molar-refractivity contribution in [3.63, 3.8) is 0 Å². The highest BCUT2D eigenvalue weighted by molar-refractivity contribution is 14.2. The highest BCUT2D eigenvalue weighted by atomic mass is 127. The molecule has 546 valence electrons. The van der Waals surface area contributed by atoms with Gasteiger partial charge in [-0.1, -0.05) is 76.3 Å². The number of carbonyl (C=O) groups is 5. The minimum Gasteiger partial charge on any atom is -0.460 e. The monoisotopic (exact) mass is 1520 g/mol. The number of unbranched alkanes of at least 4 members (excludes halogenated alkanes) is 1. The average Bonchev–Trinajstić information content (AvgIpc) is 1.75. The Morgan fingerprint density at radius 3 is 2.45 bits per heavy atom. The lowest BCUT2D eigenvalue weighted by molar-refractivity contribution is -0.360. The number of aliphatic hydroxyl groups excluding tert-OH is 1. The normalized spacial score (nSPS) is 31.3. The summed E-state index contributed by atoms with van der Waals surface area (Å²) < 4.78 is 51.9. The molecular weight excluding hydrogens is 1420 g/mol. The highest BCUT2D eigenvalue weighted by Crippen LogP contribution is 2.42. The number of nitrogens with zero attached hydrogens (tertiary/aromatic N) is 9. The number of esters is 1. The van der Waals surface area contributed by atoms with Crippen LogP contribution in [0.1, 0.15) is 156 Å². The van der Waals surface area contributed by atoms with Crippen LogP contribution in [0.15, 0.2) is 82.7 Å². The number of methoxy groups -OCH3 is 2. The number of rotatable bonds is 19. The first-order chi connectivity index (χ1) is 47.8. The van der Waals surface area contributed by atoms with E-state index in [-0.39, 0.29) is 80.9 Å². The molecule has 5 aromatic rings. The van der Waals surface area contributed by atoms with Crippen LogP contribution in [0.25, 0.3) is 33.4 Å². The quantitative estimate of drug-likeness (QED) is 0.0227. The molecule has 1 amide bonds. The van der Waals surface area contributed by atoms with Crippen molar-refractivity contribution < 1.29 is 75.2 Å². The third kappa shape index (κ3) is 19.6. The average molecular weight is 1520 g/mol. The number of oxazole rings is 1. The Kier molecular flexibility index (Phi) is 28.0. The standard InChI is InChI=1S/C73H100IN9O16S/c1-43-19-13-12-14-20-44(2)62(93-11)39-72(90)27-26-49(7)73(91,99-72)68(87)70(88)82-29-16-15-21-56(82)71(89)97-60(38-57(84)45(3)34-48(6)66(86)67(98-74-100)65(85)47(5)33-43)46(4)35-52-22-24-59(61(36-52)92-10)95-32-31-94-41-54-40-81(80-78-54)28-17-18-30-83-69-63(50(8)75-42-76-69)64(79-83)53-23-25-58-55(37-53)77-51(9)96-58/h12-14,19-20,23,25,34,37,40,42-43,45-47,49,52,56,59-62,66-67,86,90-91H,15-18,21-22,24,26-33,35-36,38-39,41H2,1-11H3/b14-12+,19-13+,44-20+,48-34+/t43-,45-,46-,47-,49-,52+,56+,59-,60+,61-,62+,66-,67+,72+,73-/m1/s1. The van der Waals surface area contributed by atoms with Crippen molar-refractivity contribution >= 4 is 80.3 Å². The van der Waals surface area contributed by atoms with Gasteiger partial charge in [0, 0.05) is 83.4 Å². The highest BCUT2D eigenvalue weighted by Gasteiger charge is 2.57. The first-order valence-corrected chi connectivity index (χ1v) is 38.9. The van der Waals surface area contributed by atoms with Gasteiger partial charge in [0.2, 0.25) is 5.79 Å². The van der Waals surface area contributed by atoms with Gasteiger partial charge >= 0.3 is 5.97 Å². The van der Waals surface area contributed by atoms with Gasteiger partial charge in [0.1, 0.15) is 66.9 Å². The number of hydrogen-bond donors (Lipinski definition) is 3. The fourth-order valence-corrected chi connectivity index (χ4v) is 15.6. The van der Waals surface area contributed by atoms with Gasteiger partial charge in [-0.15, -0.1) is 5.10 Å². The minimum atomic E-state index is -2.75. The number of hydrogen-bond acceptors (Lipinski definition) is 23. The van der Waals surface area contributed by atoms with Crippen LogP contribution in [-0.2, 0) is 75.2 Å². The number of aromatic nitrogens is 8. The lowest BCUT2D eigenvalue weighted by Crippen LogP contribution is -2.63. The Balaban J connectivity index is 0.823. The molecule has 4 aliphatic rings. The van der Waals surface area contributed by atoms with Gasteiger partial charge < -0.3 is 53.1 Å². The van der Waals surface area contributed by atoms with E-state index in [9.17, 15) is 39.3 Å². The molecule has 7 heterocycles. The van der Waals surface area contributed by atoms with Gasteiger partial charge in [-0.2, -0.15) is 5.10 Å². The van der Waals surface area contributed by atoms with Crippen LogP contribution in [-0.4, -0.2) is 177 Å². The van der Waals surface area contributed by atoms with Crippen molar-refractivity contribution in [2.24, 2.45) is 35.5 Å². The zero-order chi connectivity index (χ0) is 72.0. The maximum absolute atomic E-state index is 14.8. The van der Waals surface area contributed by atoms with Crippen LogP contribution in [0.5, 0.6) is 0 Å². The summed E-state index contributed by atoms with van der Waals surface area (Å²) in [5, 5.41) is 50.5. The molecule has 100 heavy (non-hydrogen) atoms. The summed E-state index contributed by atoms with van der Waals surface area (Å²) in [6.45, 7) is 18.3. The van der Waals surface area contributed by atoms with Crippen LogP contribution >= 0.6 is 29.0 Å². The molecule has 9 rings (SSSR count). The molecule has 1 aromatic carbocycles. The predicted molar refractivity (Wildman–Crippen MR) is 382 cm³/mol. The fraction of sp³-hybridized carbons (Fsp3) is 0.630. The SMILES string of the molecule is CO[C@H]1C[C@]2(O)CC[C@@H](C)[C@@](O)(O2)C(=O)C(=O)N2CCCC[C@H]2C(=O)O[C@H]([C@H](C)C[C@@H]2CC[C@@H](OCCOCc3cn(CCCCn4nc(-c5ccc6oc(C)nc6c5)c5c(C)ncnc54)nn3)[C@H](OC)C2)CC(=O)[C@H](C)/C=C(\C)[C@@H](O)[C@@H](OI=S)C(=O)[C@H](C)C[C@H](C)/C=C/C=C/C=C/1C. The molecule has 2 saturated heterocycles. The number of ketones is 3. The smallest absolute Gasteiger partial charge is 0.329 e. The van der Waals surface area contributed by atoms with E-state index < -0.39 is 103 Å². The van der Waals surface area contributed by atoms with E-state index in [1.807, 2.05) is 86.6 Å². The molecule has 15 atom stereocenters. The molecule has 0 unspecified atom stereocenters. The number of allylic oxidation sites excluding steroid dienone is 6. The number of carbonyl (C=O) groups excluding carboxylic acids is 5. The predicted octanol–water partition coefficient (Wildman–Crippen LogP) is 10.7. The van der Waals surface area contributed by atoms with Crippen molar-refractivity contribution in [1.29, 1.82) is 0 Å². The van der Waals surface area contributed by atoms with Gasteiger partial charge in [0.25, 0.3) is 11.7 Å². The second-order valence-electron chi connectivity index (χ2n) is 28.0. The van der Waals surface area contributed by atoms with E-state index in [1.165, 1.54) is 7.11 Å². The van der Waals surface area contributed by atoms with E-state index in [0.717, 1.165) is 63.2 Å². The van der Waals surface area contributed by atoms with Gasteiger partial charge in [-0.3, -0.25) is 26.9 Å². The molecule has 3 fully saturated rings. The van der Waals surface area contributed by atoms with Gasteiger partial charge in [0.15, 0.2) is 34.8 Å². The van der Waals surface area contributed by atoms with Crippen LogP contribution < -0.4 is 0 Å². The number of piperidine rings is 1. The summed E-state index contributed by atoms with van der Waals surface area (Å²) in [6, 6.07) is 4.62. The van der Waals surface area contributed by atoms with Crippen molar-refractivity contribution in [2.45, 2.75) is 226 Å². The summed E-state index contributed by atoms with van der Waals surface area (Å²) in [7, 11) is 8.38. The van der Waals surface area contributed by atoms with Crippen LogP contribution in [0.4, 0.5) is 0 Å². The molecule has 0 radical (unpaired) electrons. The van der Waals surface area contributed by atoms with E-state index in [4.69, 9.17) is 50.3 Å². The number of halogens is 1. The zero-order valence-corrected chi connectivity index (χ0v) is 62.4. The van der Waals surface area contributed by atoms with E-state index in [1.54, 1.807) is 59.4 Å². The summed E-state index contributed by atoms with van der Waals surface area (Å²) in [4.78, 5) is 87.2. The Morgan fingerprint density at radius 1 is 0.890 bits per heavy atom. The lowest BCUT2D eigenvalue weighted by Gasteiger charge is -2.46. The zero-order valence-electron chi connectivity index (χ0n) is 59.5. The summed E-state index contributed by atoms with van der Waals surface area (Å²) >= 11 is -1.31. The number of benzene rings is 1. The summed E-state index contributed by atoms with van der Waals surface area (Å²) in [5.41, 5.74) is 6.55. The summed E-state index contributed by atoms with van der Waals surface area (Å²) in [6.07, 6.45) is 14.9. The Morgan fingerprint density at radius 2 is 1.68 bits per heavy atom. The second-order valence-corrected chi connectivity index (χ2v) is 29.7. The molecule has 2 bridgehead atoms. The fourth-order valence-electron chi connectivity index (χ4n) is 14.4. The van der Waals surface area contributed by atoms with E-state index >= 15 is 0 Å². The lowest BCUT2D eigenvalue weighted by atomic mass is 9.78. The van der Waals surface area contributed by atoms with Crippen molar-refractivity contribution in [1.82, 2.24) is 44.6 Å². The van der Waals surface area contributed by atoms with E-state index in [0.29, 0.717) is 87.6 Å². The molecule has 3 N–H and O–H groups in total. The molecule has 1 saturated carbocycles. The minimum absolute atomic E-state index is 0.00441. The van der Waals surface area contributed by atoms with Crippen molar-refractivity contribution in [2.75, 3.05) is 34.0 Å². The van der Waals surface area contributed by atoms with Crippen LogP contribution in [0.2, 0.25) is 0 Å². The number of ether oxygens (including phenoxy) is 6. The largest absolute Gasteiger partial charge is 0.460 e. The molecule has 4 aromatic heterocycles. The molecule has 27 heteroatoms. The molecular formula is C73H100IN9O16S. The molecule has 25 nitrogen and oxygen atoms in total. The van der Waals surface area contributed by atoms with Crippen LogP contribution in [0, 0.1) is 49.4 Å². The van der Waals surface area contributed by atoms with Gasteiger partial charge in [0.05, 0.1) is 55.4 Å². The molecule has 3 aliphatic heterocycles. The number of aryl methyl sites for hydroxylation is 4.